The van der Waals surface area contributed by atoms with Crippen molar-refractivity contribution in [3.05, 3.63) is 29.8 Å². The maximum absolute atomic E-state index is 12.4. The zero-order valence-electron chi connectivity index (χ0n) is 10.9. The van der Waals surface area contributed by atoms with Gasteiger partial charge in [-0.05, 0) is 37.6 Å². The van der Waals surface area contributed by atoms with Crippen LogP contribution in [-0.4, -0.2) is 43.3 Å². The number of hydrogen-bond donors (Lipinski definition) is 1. The maximum atomic E-state index is 12.4. The van der Waals surface area contributed by atoms with Crippen molar-refractivity contribution in [2.75, 3.05) is 23.8 Å². The Labute approximate surface area is 113 Å². The number of hydrogen-bond acceptors (Lipinski definition) is 4. The van der Waals surface area contributed by atoms with Crippen LogP contribution in [0.2, 0.25) is 0 Å². The highest BCUT2D eigenvalue weighted by atomic mass is 32.2. The van der Waals surface area contributed by atoms with Crippen LogP contribution in [0.1, 0.15) is 23.7 Å². The average Bonchev–Trinajstić information content (AvgIpc) is 2.71. The molecule has 1 aromatic rings. The van der Waals surface area contributed by atoms with Crippen molar-refractivity contribution in [2.45, 2.75) is 19.4 Å². The molecule has 0 bridgehead atoms. The first-order valence-electron chi connectivity index (χ1n) is 6.30. The van der Waals surface area contributed by atoms with Crippen molar-refractivity contribution < 1.29 is 13.2 Å². The summed E-state index contributed by atoms with van der Waals surface area (Å²) in [5.41, 5.74) is 6.73. The van der Waals surface area contributed by atoms with Gasteiger partial charge in [-0.25, -0.2) is 8.42 Å². The van der Waals surface area contributed by atoms with Crippen molar-refractivity contribution in [2.24, 2.45) is 0 Å². The molecule has 1 aromatic carbocycles. The molecule has 1 saturated heterocycles. The van der Waals surface area contributed by atoms with E-state index in [0.717, 1.165) is 0 Å². The Morgan fingerprint density at radius 2 is 2.00 bits per heavy atom. The third kappa shape index (κ3) is 3.07. The quantitative estimate of drug-likeness (QED) is 0.836. The lowest BCUT2D eigenvalue weighted by molar-refractivity contribution is 0.0708. The van der Waals surface area contributed by atoms with Crippen molar-refractivity contribution >= 4 is 21.4 Å². The molecule has 1 aliphatic heterocycles. The Kier molecular flexibility index (Phi) is 3.80. The Balaban J connectivity index is 2.18. The molecule has 2 N–H and O–H groups in total. The van der Waals surface area contributed by atoms with E-state index in [1.165, 1.54) is 0 Å². The SMILES string of the molecule is CCN(C(=O)c1ccc(N)cc1)C1CCS(=O)(=O)C1. The van der Waals surface area contributed by atoms with E-state index < -0.39 is 9.84 Å². The normalized spacial score (nSPS) is 21.2. The fraction of sp³-hybridized carbons (Fsp3) is 0.462. The molecule has 1 heterocycles. The second-order valence-electron chi connectivity index (χ2n) is 4.77. The van der Waals surface area contributed by atoms with E-state index in [1.807, 2.05) is 6.92 Å². The van der Waals surface area contributed by atoms with Crippen LogP contribution >= 0.6 is 0 Å². The van der Waals surface area contributed by atoms with Gasteiger partial charge in [0, 0.05) is 23.8 Å². The molecule has 0 radical (unpaired) electrons. The van der Waals surface area contributed by atoms with Gasteiger partial charge in [0.2, 0.25) is 0 Å². The molecule has 2 rings (SSSR count). The van der Waals surface area contributed by atoms with Crippen LogP contribution in [0.15, 0.2) is 24.3 Å². The molecular weight excluding hydrogens is 264 g/mol. The molecule has 104 valence electrons. The van der Waals surface area contributed by atoms with Crippen LogP contribution in [0.5, 0.6) is 0 Å². The summed E-state index contributed by atoms with van der Waals surface area (Å²) >= 11 is 0. The van der Waals surface area contributed by atoms with Gasteiger partial charge in [-0.1, -0.05) is 0 Å². The average molecular weight is 282 g/mol. The highest BCUT2D eigenvalue weighted by molar-refractivity contribution is 7.91. The second kappa shape index (κ2) is 5.21. The molecule has 5 nitrogen and oxygen atoms in total. The van der Waals surface area contributed by atoms with Gasteiger partial charge in [0.25, 0.3) is 5.91 Å². The molecule has 1 unspecified atom stereocenters. The number of benzene rings is 1. The van der Waals surface area contributed by atoms with Crippen LogP contribution in [0.4, 0.5) is 5.69 Å². The number of nitrogens with zero attached hydrogens (tertiary/aromatic N) is 1. The summed E-state index contributed by atoms with van der Waals surface area (Å²) < 4.78 is 23.0. The van der Waals surface area contributed by atoms with Crippen LogP contribution in [0, 0.1) is 0 Å². The lowest BCUT2D eigenvalue weighted by atomic mass is 10.1. The number of carbonyl (C=O) groups is 1. The van der Waals surface area contributed by atoms with Gasteiger partial charge in [0.15, 0.2) is 9.84 Å². The first-order valence-corrected chi connectivity index (χ1v) is 8.12. The molecular formula is C13H18N2O3S. The standard InChI is InChI=1S/C13H18N2O3S/c1-2-15(12-7-8-19(17,18)9-12)13(16)10-3-5-11(14)6-4-10/h3-6,12H,2,7-9,14H2,1H3. The van der Waals surface area contributed by atoms with Crippen LogP contribution < -0.4 is 5.73 Å². The Morgan fingerprint density at radius 1 is 1.37 bits per heavy atom. The van der Waals surface area contributed by atoms with Crippen LogP contribution in [-0.2, 0) is 9.84 Å². The van der Waals surface area contributed by atoms with E-state index in [4.69, 9.17) is 5.73 Å². The molecule has 0 saturated carbocycles. The number of anilines is 1. The first kappa shape index (κ1) is 13.9. The van der Waals surface area contributed by atoms with E-state index >= 15 is 0 Å². The van der Waals surface area contributed by atoms with Gasteiger partial charge in [-0.2, -0.15) is 0 Å². The summed E-state index contributed by atoms with van der Waals surface area (Å²) in [6.45, 7) is 2.36. The highest BCUT2D eigenvalue weighted by Crippen LogP contribution is 2.20. The summed E-state index contributed by atoms with van der Waals surface area (Å²) in [4.78, 5) is 14.0. The summed E-state index contributed by atoms with van der Waals surface area (Å²) in [6.07, 6.45) is 0.525. The molecule has 0 aliphatic carbocycles. The molecule has 0 spiro atoms. The number of sulfone groups is 1. The van der Waals surface area contributed by atoms with Crippen molar-refractivity contribution in [3.63, 3.8) is 0 Å². The summed E-state index contributed by atoms with van der Waals surface area (Å²) in [7, 11) is -2.99. The fourth-order valence-electron chi connectivity index (χ4n) is 2.38. The fourth-order valence-corrected chi connectivity index (χ4v) is 4.11. The minimum atomic E-state index is -2.99. The van der Waals surface area contributed by atoms with E-state index in [2.05, 4.69) is 0 Å². The van der Waals surface area contributed by atoms with Gasteiger partial charge >= 0.3 is 0 Å². The zero-order chi connectivity index (χ0) is 14.0. The van der Waals surface area contributed by atoms with E-state index in [1.54, 1.807) is 29.2 Å². The van der Waals surface area contributed by atoms with E-state index in [0.29, 0.717) is 24.2 Å². The Hall–Kier alpha value is -1.56. The molecule has 1 fully saturated rings. The van der Waals surface area contributed by atoms with Crippen molar-refractivity contribution in [1.82, 2.24) is 4.90 Å². The van der Waals surface area contributed by atoms with Gasteiger partial charge < -0.3 is 10.6 Å². The van der Waals surface area contributed by atoms with Gasteiger partial charge in [0.05, 0.1) is 11.5 Å². The predicted octanol–water partition coefficient (Wildman–Crippen LogP) is 0.918. The largest absolute Gasteiger partial charge is 0.399 e. The maximum Gasteiger partial charge on any atom is 0.254 e. The predicted molar refractivity (Wildman–Crippen MR) is 74.6 cm³/mol. The van der Waals surface area contributed by atoms with Crippen LogP contribution in [0.3, 0.4) is 0 Å². The Morgan fingerprint density at radius 3 is 2.47 bits per heavy atom. The minimum absolute atomic E-state index is 0.0710. The van der Waals surface area contributed by atoms with Gasteiger partial charge in [-0.15, -0.1) is 0 Å². The molecule has 1 atom stereocenters. The Bertz CT molecular complexity index is 566. The van der Waals surface area contributed by atoms with Gasteiger partial charge in [-0.3, -0.25) is 4.79 Å². The molecule has 0 aromatic heterocycles. The summed E-state index contributed by atoms with van der Waals surface area (Å²) in [5.74, 6) is 0.106. The molecule has 19 heavy (non-hydrogen) atoms. The minimum Gasteiger partial charge on any atom is -0.399 e. The van der Waals surface area contributed by atoms with E-state index in [-0.39, 0.29) is 23.5 Å². The number of nitrogens with two attached hydrogens (primary N) is 1. The first-order chi connectivity index (χ1) is 8.93. The summed E-state index contributed by atoms with van der Waals surface area (Å²) in [5, 5.41) is 0. The zero-order valence-corrected chi connectivity index (χ0v) is 11.7. The number of nitrogen functional groups attached to an aromatic ring is 1. The molecule has 1 amide bonds. The smallest absolute Gasteiger partial charge is 0.254 e. The van der Waals surface area contributed by atoms with Crippen LogP contribution in [0.25, 0.3) is 0 Å². The van der Waals surface area contributed by atoms with Gasteiger partial charge in [0.1, 0.15) is 0 Å². The van der Waals surface area contributed by atoms with E-state index in [9.17, 15) is 13.2 Å². The third-order valence-electron chi connectivity index (χ3n) is 3.41. The number of carbonyl (C=O) groups excluding carboxylic acids is 1. The third-order valence-corrected chi connectivity index (χ3v) is 5.16. The highest BCUT2D eigenvalue weighted by Gasteiger charge is 2.34. The lowest BCUT2D eigenvalue weighted by Crippen LogP contribution is -2.40. The van der Waals surface area contributed by atoms with Crippen molar-refractivity contribution in [3.8, 4) is 0 Å². The number of amides is 1. The molecule has 1 aliphatic rings. The topological polar surface area (TPSA) is 80.5 Å². The number of rotatable bonds is 3. The summed E-state index contributed by atoms with van der Waals surface area (Å²) in [6, 6.07) is 6.48. The lowest BCUT2D eigenvalue weighted by Gasteiger charge is -2.27. The second-order valence-corrected chi connectivity index (χ2v) is 7.00. The monoisotopic (exact) mass is 282 g/mol. The molecule has 6 heteroatoms. The van der Waals surface area contributed by atoms with Crippen molar-refractivity contribution in [1.29, 1.82) is 0 Å².